The summed E-state index contributed by atoms with van der Waals surface area (Å²) < 4.78 is 59.9. The van der Waals surface area contributed by atoms with E-state index in [1.54, 1.807) is 32.9 Å². The van der Waals surface area contributed by atoms with Crippen LogP contribution in [0.25, 0.3) is 10.9 Å². The van der Waals surface area contributed by atoms with Gasteiger partial charge in [0.05, 0.1) is 56.5 Å². The maximum atomic E-state index is 13.6. The van der Waals surface area contributed by atoms with E-state index in [0.29, 0.717) is 74.5 Å². The van der Waals surface area contributed by atoms with Crippen LogP contribution < -0.4 is 10.1 Å². The lowest BCUT2D eigenvalue weighted by Gasteiger charge is -2.22. The van der Waals surface area contributed by atoms with Crippen LogP contribution in [0.2, 0.25) is 0 Å². The van der Waals surface area contributed by atoms with Crippen molar-refractivity contribution in [2.24, 2.45) is 0 Å². The summed E-state index contributed by atoms with van der Waals surface area (Å²) in [5, 5.41) is 10.9. The minimum Gasteiger partial charge on any atom is -0.491 e. The number of benzene rings is 1. The molecular formula is C32H49N5O8S. The summed E-state index contributed by atoms with van der Waals surface area (Å²) in [5.74, 6) is 1.82. The van der Waals surface area contributed by atoms with Crippen LogP contribution in [-0.4, -0.2) is 98.4 Å². The molecule has 2 heterocycles. The number of rotatable bonds is 19. The predicted octanol–water partition coefficient (Wildman–Crippen LogP) is 5.06. The van der Waals surface area contributed by atoms with Crippen molar-refractivity contribution in [2.45, 2.75) is 70.6 Å². The van der Waals surface area contributed by atoms with Gasteiger partial charge in [-0.25, -0.2) is 18.4 Å². The highest BCUT2D eigenvalue weighted by atomic mass is 32.2. The molecule has 0 radical (unpaired) electrons. The summed E-state index contributed by atoms with van der Waals surface area (Å²) in [5.41, 5.74) is 2.08. The molecule has 0 saturated heterocycles. The Balaban J connectivity index is 1.46. The van der Waals surface area contributed by atoms with Crippen LogP contribution in [0.5, 0.6) is 5.75 Å². The first-order valence-corrected chi connectivity index (χ1v) is 16.7. The Kier molecular flexibility index (Phi) is 13.3. The molecule has 0 aliphatic heterocycles. The molecule has 0 spiro atoms. The fourth-order valence-electron chi connectivity index (χ4n) is 4.05. The molecule has 0 unspecified atom stereocenters. The molecule has 0 saturated carbocycles. The molecule has 13 nitrogen and oxygen atoms in total. The quantitative estimate of drug-likeness (QED) is 0.130. The van der Waals surface area contributed by atoms with Crippen LogP contribution in [0, 0.1) is 13.8 Å². The lowest BCUT2D eigenvalue weighted by atomic mass is 10.2. The van der Waals surface area contributed by atoms with Gasteiger partial charge in [-0.3, -0.25) is 5.10 Å². The Morgan fingerprint density at radius 2 is 1.43 bits per heavy atom. The van der Waals surface area contributed by atoms with Crippen molar-refractivity contribution in [3.8, 4) is 5.75 Å². The molecule has 14 heteroatoms. The smallest absolute Gasteiger partial charge is 0.186 e. The second kappa shape index (κ2) is 16.5. The maximum Gasteiger partial charge on any atom is 0.186 e. The van der Waals surface area contributed by atoms with Crippen LogP contribution in [0.15, 0.2) is 35.7 Å². The van der Waals surface area contributed by atoms with Gasteiger partial charge < -0.3 is 33.7 Å². The van der Waals surface area contributed by atoms with Crippen LogP contribution in [0.3, 0.4) is 0 Å². The molecule has 0 atom stereocenters. The minimum absolute atomic E-state index is 0.0530. The molecule has 0 amide bonds. The molecule has 2 N–H and O–H groups in total. The van der Waals surface area contributed by atoms with E-state index in [9.17, 15) is 8.42 Å². The number of aromatic nitrogens is 4. The van der Waals surface area contributed by atoms with E-state index in [0.717, 1.165) is 11.3 Å². The van der Waals surface area contributed by atoms with Crippen molar-refractivity contribution in [1.82, 2.24) is 20.2 Å². The first-order chi connectivity index (χ1) is 21.6. The highest BCUT2D eigenvalue weighted by Crippen LogP contribution is 2.37. The van der Waals surface area contributed by atoms with E-state index in [-0.39, 0.29) is 29.5 Å². The molecule has 1 aromatic carbocycles. The molecule has 3 aromatic rings. The zero-order chi connectivity index (χ0) is 34.0. The molecular weight excluding hydrogens is 614 g/mol. The van der Waals surface area contributed by atoms with E-state index in [1.807, 2.05) is 34.6 Å². The van der Waals surface area contributed by atoms with Crippen LogP contribution >= 0.6 is 0 Å². The van der Waals surface area contributed by atoms with E-state index >= 15 is 0 Å². The summed E-state index contributed by atoms with van der Waals surface area (Å²) >= 11 is 0. The van der Waals surface area contributed by atoms with Crippen molar-refractivity contribution in [1.29, 1.82) is 0 Å². The number of aryl methyl sites for hydroxylation is 1. The number of anilines is 2. The van der Waals surface area contributed by atoms with Gasteiger partial charge in [0, 0.05) is 22.7 Å². The molecule has 46 heavy (non-hydrogen) atoms. The Morgan fingerprint density at radius 1 is 0.848 bits per heavy atom. The lowest BCUT2D eigenvalue weighted by Crippen LogP contribution is -2.28. The number of nitrogens with one attached hydrogen (secondary N) is 2. The molecule has 0 aliphatic rings. The Labute approximate surface area is 272 Å². The third-order valence-electron chi connectivity index (χ3n) is 6.60. The van der Waals surface area contributed by atoms with Crippen LogP contribution in [0.4, 0.5) is 11.6 Å². The number of H-pyrrole nitrogens is 1. The number of nitrogens with zero attached hydrogens (tertiary/aromatic N) is 3. The lowest BCUT2D eigenvalue weighted by molar-refractivity contribution is -0.0142. The summed E-state index contributed by atoms with van der Waals surface area (Å²) in [6, 6.07) is 3.18. The second-order valence-corrected chi connectivity index (χ2v) is 15.3. The van der Waals surface area contributed by atoms with Crippen LogP contribution in [0.1, 0.15) is 52.8 Å². The van der Waals surface area contributed by atoms with Crippen molar-refractivity contribution in [2.75, 3.05) is 64.8 Å². The topological polar surface area (TPSA) is 156 Å². The number of sulfone groups is 1. The van der Waals surface area contributed by atoms with Gasteiger partial charge in [-0.2, -0.15) is 5.10 Å². The maximum absolute atomic E-state index is 13.6. The fourth-order valence-corrected chi connectivity index (χ4v) is 5.37. The third-order valence-corrected chi connectivity index (χ3v) is 9.11. The Bertz CT molecular complexity index is 1540. The zero-order valence-electron chi connectivity index (χ0n) is 28.3. The van der Waals surface area contributed by atoms with Gasteiger partial charge >= 0.3 is 0 Å². The minimum atomic E-state index is -3.79. The normalized spacial score (nSPS) is 12.4. The van der Waals surface area contributed by atoms with Crippen molar-refractivity contribution in [3.05, 3.63) is 42.1 Å². The number of ether oxygens (including phenoxy) is 6. The van der Waals surface area contributed by atoms with Crippen molar-refractivity contribution < 1.29 is 36.8 Å². The Hall–Kier alpha value is -3.30. The monoisotopic (exact) mass is 663 g/mol. The molecule has 0 aliphatic carbocycles. The molecule has 256 valence electrons. The number of aromatic amines is 1. The zero-order valence-corrected chi connectivity index (χ0v) is 29.1. The SMILES string of the molecule is C=C(COCCOCCOCCOCCOc1cc2ncnc(Nc3n[nH]c(C)c3C)c2cc1S(=O)(=O)C(C)(C)C)OC(C)(C)C. The first kappa shape index (κ1) is 37.2. The summed E-state index contributed by atoms with van der Waals surface area (Å²) in [6.45, 7) is 21.7. The number of fused-ring (bicyclic) bond motifs is 1. The second-order valence-electron chi connectivity index (χ2n) is 12.6. The Morgan fingerprint density at radius 3 is 1.98 bits per heavy atom. The molecule has 0 fully saturated rings. The fraction of sp³-hybridized carbons (Fsp3) is 0.594. The van der Waals surface area contributed by atoms with E-state index in [1.165, 1.54) is 6.33 Å². The van der Waals surface area contributed by atoms with Crippen molar-refractivity contribution >= 4 is 32.4 Å². The van der Waals surface area contributed by atoms with Gasteiger partial charge in [0.2, 0.25) is 0 Å². The number of hydrogen-bond acceptors (Lipinski definition) is 12. The van der Waals surface area contributed by atoms with Gasteiger partial charge in [-0.05, 0) is 61.5 Å². The van der Waals surface area contributed by atoms with E-state index in [2.05, 4.69) is 32.1 Å². The van der Waals surface area contributed by atoms with Gasteiger partial charge in [0.1, 0.15) is 47.4 Å². The first-order valence-electron chi connectivity index (χ1n) is 15.2. The van der Waals surface area contributed by atoms with Gasteiger partial charge in [-0.15, -0.1) is 0 Å². The summed E-state index contributed by atoms with van der Waals surface area (Å²) in [4.78, 5) is 8.77. The molecule has 0 bridgehead atoms. The number of hydrogen-bond donors (Lipinski definition) is 2. The van der Waals surface area contributed by atoms with Gasteiger partial charge in [0.15, 0.2) is 15.7 Å². The molecule has 3 rings (SSSR count). The van der Waals surface area contributed by atoms with Crippen molar-refractivity contribution in [3.63, 3.8) is 0 Å². The summed E-state index contributed by atoms with van der Waals surface area (Å²) in [6.07, 6.45) is 1.41. The van der Waals surface area contributed by atoms with Gasteiger partial charge in [-0.1, -0.05) is 6.58 Å². The third kappa shape index (κ3) is 10.9. The van der Waals surface area contributed by atoms with E-state index < -0.39 is 14.6 Å². The van der Waals surface area contributed by atoms with E-state index in [4.69, 9.17) is 28.4 Å². The van der Waals surface area contributed by atoms with Gasteiger partial charge in [0.25, 0.3) is 0 Å². The highest BCUT2D eigenvalue weighted by molar-refractivity contribution is 7.92. The standard InChI is InChI=1S/C32H49N5O8S/c1-22(45-31(4,5)6)20-43-15-14-41-11-10-40-12-13-42-16-17-44-27-19-26-25(18-28(27)46(38,39)32(7,8)9)30(34-21-33-26)35-29-23(2)24(3)36-37-29/h18-19,21H,1,10-17,20H2,2-9H3,(H2,33,34,35,36,37). The highest BCUT2D eigenvalue weighted by Gasteiger charge is 2.34. The average Bonchev–Trinajstić information content (AvgIpc) is 3.27. The predicted molar refractivity (Wildman–Crippen MR) is 177 cm³/mol. The van der Waals surface area contributed by atoms with Crippen LogP contribution in [-0.2, 0) is 33.5 Å². The summed E-state index contributed by atoms with van der Waals surface area (Å²) in [7, 11) is -3.79. The average molecular weight is 664 g/mol. The molecule has 2 aromatic heterocycles. The largest absolute Gasteiger partial charge is 0.491 e.